The van der Waals surface area contributed by atoms with E-state index in [9.17, 15) is 14.9 Å². The summed E-state index contributed by atoms with van der Waals surface area (Å²) in [4.78, 5) is 26.4. The Bertz CT molecular complexity index is 744. The Morgan fingerprint density at radius 2 is 2.26 bits per heavy atom. The average molecular weight is 397 g/mol. The number of ether oxygens (including phenoxy) is 2. The van der Waals surface area contributed by atoms with Gasteiger partial charge in [-0.1, -0.05) is 30.7 Å². The van der Waals surface area contributed by atoms with E-state index >= 15 is 0 Å². The van der Waals surface area contributed by atoms with Crippen molar-refractivity contribution in [3.05, 3.63) is 45.0 Å². The quantitative estimate of drug-likeness (QED) is 0.560. The van der Waals surface area contributed by atoms with Gasteiger partial charge in [0.1, 0.15) is 11.7 Å². The molecule has 2 saturated heterocycles. The second-order valence-corrected chi connectivity index (χ2v) is 7.13. The lowest BCUT2D eigenvalue weighted by atomic mass is 9.98. The first-order valence-electron chi connectivity index (χ1n) is 8.68. The molecule has 0 aromatic heterocycles. The second kappa shape index (κ2) is 8.53. The highest BCUT2D eigenvalue weighted by Crippen LogP contribution is 2.23. The largest absolute Gasteiger partial charge is 0.444 e. The molecular formula is C17H21ClN4O5. The summed E-state index contributed by atoms with van der Waals surface area (Å²) >= 11 is 5.92. The van der Waals surface area contributed by atoms with Crippen LogP contribution in [0, 0.1) is 22.0 Å². The van der Waals surface area contributed by atoms with E-state index in [0.29, 0.717) is 37.2 Å². The molecule has 1 amide bonds. The van der Waals surface area contributed by atoms with Gasteiger partial charge in [-0.05, 0) is 23.6 Å². The maximum absolute atomic E-state index is 12.5. The third-order valence-corrected chi connectivity index (χ3v) is 4.97. The molecule has 0 aliphatic carbocycles. The first-order chi connectivity index (χ1) is 12.9. The summed E-state index contributed by atoms with van der Waals surface area (Å²) in [5.74, 6) is 0.602. The molecule has 2 aliphatic heterocycles. The fourth-order valence-corrected chi connectivity index (χ4v) is 3.41. The van der Waals surface area contributed by atoms with E-state index in [4.69, 9.17) is 21.1 Å². The van der Waals surface area contributed by atoms with Crippen LogP contribution in [-0.2, 0) is 16.1 Å². The lowest BCUT2D eigenvalue weighted by Gasteiger charge is -2.23. The van der Waals surface area contributed by atoms with Crippen LogP contribution < -0.4 is 0 Å². The number of hydrogen-bond donors (Lipinski definition) is 0. The average Bonchev–Trinajstić information content (AvgIpc) is 3.20. The van der Waals surface area contributed by atoms with Crippen molar-refractivity contribution in [3.8, 4) is 0 Å². The van der Waals surface area contributed by atoms with Crippen molar-refractivity contribution < 1.29 is 19.3 Å². The van der Waals surface area contributed by atoms with E-state index < -0.39 is 11.1 Å². The Hall–Kier alpha value is -2.39. The third-order valence-electron chi connectivity index (χ3n) is 4.73. The predicted octanol–water partition coefficient (Wildman–Crippen LogP) is 2.42. The van der Waals surface area contributed by atoms with Gasteiger partial charge in [0.15, 0.2) is 5.03 Å². The van der Waals surface area contributed by atoms with Crippen LogP contribution >= 0.6 is 11.6 Å². The number of hydrazone groups is 1. The predicted molar refractivity (Wildman–Crippen MR) is 97.8 cm³/mol. The molecule has 0 spiro atoms. The summed E-state index contributed by atoms with van der Waals surface area (Å²) in [6.07, 6.45) is -0.672. The SMILES string of the molecule is CC1COCC1CN1CCN(C(=O)OCc2cccc(Cl)c2)C1=N[N+](=O)[O-]. The molecule has 9 nitrogen and oxygen atoms in total. The number of carbonyl (C=O) groups is 1. The Kier molecular flexibility index (Phi) is 6.12. The molecule has 27 heavy (non-hydrogen) atoms. The third kappa shape index (κ3) is 4.86. The van der Waals surface area contributed by atoms with Crippen LogP contribution in [0.15, 0.2) is 29.4 Å². The summed E-state index contributed by atoms with van der Waals surface area (Å²) in [6.45, 7) is 4.66. The highest BCUT2D eigenvalue weighted by atomic mass is 35.5. The molecule has 1 aromatic rings. The van der Waals surface area contributed by atoms with Crippen molar-refractivity contribution in [2.24, 2.45) is 16.9 Å². The van der Waals surface area contributed by atoms with Crippen LogP contribution in [0.3, 0.4) is 0 Å². The van der Waals surface area contributed by atoms with Gasteiger partial charge in [-0.15, -0.1) is 0 Å². The zero-order valence-corrected chi connectivity index (χ0v) is 15.7. The number of halogens is 1. The molecule has 2 fully saturated rings. The van der Waals surface area contributed by atoms with E-state index in [1.165, 1.54) is 4.90 Å². The van der Waals surface area contributed by atoms with Gasteiger partial charge < -0.3 is 14.4 Å². The molecule has 1 aromatic carbocycles. The molecule has 3 rings (SSSR count). The summed E-state index contributed by atoms with van der Waals surface area (Å²) in [5.41, 5.74) is 0.733. The number of nitro groups is 1. The zero-order chi connectivity index (χ0) is 19.4. The van der Waals surface area contributed by atoms with Gasteiger partial charge in [-0.2, -0.15) is 0 Å². The normalized spacial score (nSPS) is 23.9. The number of nitrogens with zero attached hydrogens (tertiary/aromatic N) is 4. The van der Waals surface area contributed by atoms with Gasteiger partial charge in [0, 0.05) is 30.6 Å². The zero-order valence-electron chi connectivity index (χ0n) is 14.9. The molecule has 2 unspecified atom stereocenters. The van der Waals surface area contributed by atoms with E-state index in [1.807, 2.05) is 0 Å². The lowest BCUT2D eigenvalue weighted by molar-refractivity contribution is -0.486. The van der Waals surface area contributed by atoms with Crippen LogP contribution in [0.5, 0.6) is 0 Å². The Morgan fingerprint density at radius 3 is 2.93 bits per heavy atom. The van der Waals surface area contributed by atoms with Crippen molar-refractivity contribution in [3.63, 3.8) is 0 Å². The van der Waals surface area contributed by atoms with Crippen molar-refractivity contribution >= 4 is 23.7 Å². The molecule has 10 heteroatoms. The standard InChI is InChI=1S/C17H21ClN4O5/c1-12-9-26-11-14(12)8-20-5-6-21(16(20)19-22(24)25)17(23)27-10-13-3-2-4-15(18)7-13/h2-4,7,12,14H,5-6,8-11H2,1H3. The number of carbonyl (C=O) groups excluding carboxylic acids is 1. The first kappa shape index (κ1) is 19.4. The van der Waals surface area contributed by atoms with Crippen LogP contribution in [0.25, 0.3) is 0 Å². The molecular weight excluding hydrogens is 376 g/mol. The van der Waals surface area contributed by atoms with E-state index in [-0.39, 0.29) is 25.0 Å². The maximum atomic E-state index is 12.5. The van der Waals surface area contributed by atoms with Crippen molar-refractivity contribution in [1.29, 1.82) is 0 Å². The summed E-state index contributed by atoms with van der Waals surface area (Å²) < 4.78 is 10.7. The molecule has 0 N–H and O–H groups in total. The molecule has 2 aliphatic rings. The van der Waals surface area contributed by atoms with Gasteiger partial charge in [-0.25, -0.2) is 19.8 Å². The van der Waals surface area contributed by atoms with Crippen LogP contribution in [-0.4, -0.2) is 59.7 Å². The van der Waals surface area contributed by atoms with Crippen LogP contribution in [0.1, 0.15) is 12.5 Å². The monoisotopic (exact) mass is 396 g/mol. The highest BCUT2D eigenvalue weighted by molar-refractivity contribution is 6.30. The number of amides is 1. The fraction of sp³-hybridized carbons (Fsp3) is 0.529. The molecule has 2 heterocycles. The topological polar surface area (TPSA) is 97.5 Å². The Balaban J connectivity index is 1.66. The van der Waals surface area contributed by atoms with Crippen LogP contribution in [0.4, 0.5) is 4.79 Å². The van der Waals surface area contributed by atoms with Gasteiger partial charge in [0.05, 0.1) is 13.2 Å². The lowest BCUT2D eigenvalue weighted by Crippen LogP contribution is -2.41. The van der Waals surface area contributed by atoms with E-state index in [2.05, 4.69) is 12.0 Å². The molecule has 0 radical (unpaired) electrons. The number of rotatable bonds is 5. The highest BCUT2D eigenvalue weighted by Gasteiger charge is 2.38. The Labute approximate surface area is 161 Å². The van der Waals surface area contributed by atoms with Crippen molar-refractivity contribution in [2.75, 3.05) is 32.8 Å². The Morgan fingerprint density at radius 1 is 1.44 bits per heavy atom. The number of benzene rings is 1. The molecule has 2 atom stereocenters. The summed E-state index contributed by atoms with van der Waals surface area (Å²) in [7, 11) is 0. The smallest absolute Gasteiger partial charge is 0.417 e. The minimum absolute atomic E-state index is 0.00944. The first-order valence-corrected chi connectivity index (χ1v) is 9.06. The van der Waals surface area contributed by atoms with Crippen LogP contribution in [0.2, 0.25) is 5.02 Å². The maximum Gasteiger partial charge on any atom is 0.417 e. The van der Waals surface area contributed by atoms with Gasteiger partial charge >= 0.3 is 6.09 Å². The number of hydrogen-bond acceptors (Lipinski definition) is 5. The number of guanidine groups is 1. The molecule has 0 bridgehead atoms. The summed E-state index contributed by atoms with van der Waals surface area (Å²) in [5, 5.41) is 14.1. The minimum Gasteiger partial charge on any atom is -0.444 e. The summed E-state index contributed by atoms with van der Waals surface area (Å²) in [6, 6.07) is 6.95. The van der Waals surface area contributed by atoms with Crippen molar-refractivity contribution in [1.82, 2.24) is 9.80 Å². The van der Waals surface area contributed by atoms with Crippen molar-refractivity contribution in [2.45, 2.75) is 13.5 Å². The van der Waals surface area contributed by atoms with E-state index in [1.54, 1.807) is 29.2 Å². The fourth-order valence-electron chi connectivity index (χ4n) is 3.20. The molecule has 0 saturated carbocycles. The van der Waals surface area contributed by atoms with E-state index in [0.717, 1.165) is 5.56 Å². The van der Waals surface area contributed by atoms with Gasteiger partial charge in [0.2, 0.25) is 0 Å². The molecule has 146 valence electrons. The minimum atomic E-state index is -0.792. The van der Waals surface area contributed by atoms with Gasteiger partial charge in [-0.3, -0.25) is 0 Å². The second-order valence-electron chi connectivity index (χ2n) is 6.69. The van der Waals surface area contributed by atoms with Gasteiger partial charge in [0.25, 0.3) is 5.96 Å².